The average molecular weight is 385 g/mol. The number of carbonyl (C=O) groups is 1. The van der Waals surface area contributed by atoms with Gasteiger partial charge in [0.15, 0.2) is 11.5 Å². The molecule has 0 aliphatic rings. The van der Waals surface area contributed by atoms with Gasteiger partial charge in [0, 0.05) is 16.1 Å². The van der Waals surface area contributed by atoms with E-state index in [1.54, 1.807) is 37.3 Å². The molecular formula is C19H17ClN4O3. The molecule has 0 aliphatic carbocycles. The smallest absolute Gasteiger partial charge is 0.289 e. The number of ether oxygens (including phenoxy) is 1. The molecule has 138 valence electrons. The van der Waals surface area contributed by atoms with Crippen molar-refractivity contribution in [3.05, 3.63) is 64.8 Å². The number of aromatic hydroxyl groups is 1. The molecule has 1 aromatic heterocycles. The van der Waals surface area contributed by atoms with Gasteiger partial charge in [0.1, 0.15) is 5.69 Å². The molecule has 1 amide bonds. The zero-order chi connectivity index (χ0) is 19.4. The minimum Gasteiger partial charge on any atom is -0.504 e. The predicted octanol–water partition coefficient (Wildman–Crippen LogP) is 3.60. The summed E-state index contributed by atoms with van der Waals surface area (Å²) < 4.78 is 5.07. The van der Waals surface area contributed by atoms with E-state index in [4.69, 9.17) is 16.3 Å². The summed E-state index contributed by atoms with van der Waals surface area (Å²) in [6.45, 7) is 1.73. The fourth-order valence-electron chi connectivity index (χ4n) is 2.37. The first-order valence-electron chi connectivity index (χ1n) is 8.01. The number of rotatable bonds is 5. The molecule has 3 N–H and O–H groups in total. The summed E-state index contributed by atoms with van der Waals surface area (Å²) >= 11 is 5.88. The van der Waals surface area contributed by atoms with E-state index < -0.39 is 5.91 Å². The zero-order valence-corrected chi connectivity index (χ0v) is 15.4. The van der Waals surface area contributed by atoms with E-state index in [2.05, 4.69) is 20.7 Å². The van der Waals surface area contributed by atoms with E-state index in [9.17, 15) is 9.90 Å². The van der Waals surface area contributed by atoms with Crippen LogP contribution in [0, 0.1) is 0 Å². The first-order chi connectivity index (χ1) is 13.0. The molecule has 0 unspecified atom stereocenters. The van der Waals surface area contributed by atoms with Gasteiger partial charge in [0.25, 0.3) is 5.91 Å². The molecule has 0 bridgehead atoms. The van der Waals surface area contributed by atoms with Gasteiger partial charge in [-0.15, -0.1) is 0 Å². The number of aromatic nitrogens is 2. The third-order valence-electron chi connectivity index (χ3n) is 3.89. The third kappa shape index (κ3) is 4.27. The minimum atomic E-state index is -0.423. The van der Waals surface area contributed by atoms with Crippen molar-refractivity contribution in [3.8, 4) is 22.8 Å². The number of phenols is 1. The lowest BCUT2D eigenvalue weighted by Gasteiger charge is -2.06. The van der Waals surface area contributed by atoms with Crippen LogP contribution in [-0.2, 0) is 0 Å². The van der Waals surface area contributed by atoms with Crippen LogP contribution in [-0.4, -0.2) is 34.0 Å². The van der Waals surface area contributed by atoms with Crippen molar-refractivity contribution in [1.29, 1.82) is 0 Å². The van der Waals surface area contributed by atoms with Crippen molar-refractivity contribution in [2.24, 2.45) is 5.10 Å². The summed E-state index contributed by atoms with van der Waals surface area (Å²) in [7, 11) is 1.46. The topological polar surface area (TPSA) is 99.6 Å². The maximum Gasteiger partial charge on any atom is 0.289 e. The van der Waals surface area contributed by atoms with Gasteiger partial charge >= 0.3 is 0 Å². The molecule has 0 aliphatic heterocycles. The van der Waals surface area contributed by atoms with Crippen molar-refractivity contribution >= 4 is 23.2 Å². The lowest BCUT2D eigenvalue weighted by molar-refractivity contribution is 0.0950. The Hall–Kier alpha value is -3.32. The molecular weight excluding hydrogens is 368 g/mol. The van der Waals surface area contributed by atoms with Crippen LogP contribution in [0.1, 0.15) is 23.0 Å². The van der Waals surface area contributed by atoms with Gasteiger partial charge in [-0.3, -0.25) is 9.89 Å². The van der Waals surface area contributed by atoms with Crippen molar-refractivity contribution in [2.45, 2.75) is 6.92 Å². The Kier molecular flexibility index (Phi) is 5.42. The molecule has 8 heteroatoms. The lowest BCUT2D eigenvalue weighted by atomic mass is 10.1. The van der Waals surface area contributed by atoms with Gasteiger partial charge < -0.3 is 9.84 Å². The number of aromatic amines is 1. The molecule has 0 saturated heterocycles. The first kappa shape index (κ1) is 18.5. The van der Waals surface area contributed by atoms with Gasteiger partial charge in [0.05, 0.1) is 18.5 Å². The SMILES string of the molecule is COc1cc(/C(C)=N/NC(=O)c2cc(-c3ccc(Cl)cc3)n[nH]2)ccc1O. The van der Waals surface area contributed by atoms with Crippen LogP contribution in [0.2, 0.25) is 5.02 Å². The van der Waals surface area contributed by atoms with Gasteiger partial charge in [-0.2, -0.15) is 10.2 Å². The number of hydrogen-bond acceptors (Lipinski definition) is 5. The molecule has 1 heterocycles. The highest BCUT2D eigenvalue weighted by Gasteiger charge is 2.11. The van der Waals surface area contributed by atoms with E-state index in [-0.39, 0.29) is 11.4 Å². The van der Waals surface area contributed by atoms with E-state index in [1.165, 1.54) is 13.2 Å². The van der Waals surface area contributed by atoms with Gasteiger partial charge in [-0.25, -0.2) is 5.43 Å². The van der Waals surface area contributed by atoms with Gasteiger partial charge in [-0.05, 0) is 43.3 Å². The maximum absolute atomic E-state index is 12.3. The highest BCUT2D eigenvalue weighted by Crippen LogP contribution is 2.26. The number of methoxy groups -OCH3 is 1. The number of hydrazone groups is 1. The highest BCUT2D eigenvalue weighted by atomic mass is 35.5. The lowest BCUT2D eigenvalue weighted by Crippen LogP contribution is -2.19. The minimum absolute atomic E-state index is 0.0327. The van der Waals surface area contributed by atoms with Crippen LogP contribution in [0.3, 0.4) is 0 Å². The Bertz CT molecular complexity index is 996. The molecule has 3 aromatic rings. The monoisotopic (exact) mass is 384 g/mol. The summed E-state index contributed by atoms with van der Waals surface area (Å²) in [5.41, 5.74) is 5.48. The second-order valence-corrected chi connectivity index (χ2v) is 6.13. The summed E-state index contributed by atoms with van der Waals surface area (Å²) in [5, 5.41) is 21.2. The predicted molar refractivity (Wildman–Crippen MR) is 103 cm³/mol. The number of amides is 1. The number of nitrogens with one attached hydrogen (secondary N) is 2. The number of benzene rings is 2. The molecule has 2 aromatic carbocycles. The van der Waals surface area contributed by atoms with Crippen LogP contribution >= 0.6 is 11.6 Å². The summed E-state index contributed by atoms with van der Waals surface area (Å²) in [4.78, 5) is 12.3. The number of halogens is 1. The fraction of sp³-hybridized carbons (Fsp3) is 0.105. The van der Waals surface area contributed by atoms with E-state index in [0.717, 1.165) is 5.56 Å². The molecule has 27 heavy (non-hydrogen) atoms. The van der Waals surface area contributed by atoms with Crippen LogP contribution in [0.15, 0.2) is 53.6 Å². The standard InChI is InChI=1S/C19H17ClN4O3/c1-11(13-5-8-17(25)18(9-13)27-2)21-24-19(26)16-10-15(22-23-16)12-3-6-14(20)7-4-12/h3-10,25H,1-2H3,(H,22,23)(H,24,26)/b21-11+. The van der Waals surface area contributed by atoms with Crippen LogP contribution in [0.5, 0.6) is 11.5 Å². The van der Waals surface area contributed by atoms with Crippen LogP contribution < -0.4 is 10.2 Å². The molecule has 0 radical (unpaired) electrons. The summed E-state index contributed by atoms with van der Waals surface area (Å²) in [6.07, 6.45) is 0. The normalized spacial score (nSPS) is 11.3. The molecule has 0 spiro atoms. The largest absolute Gasteiger partial charge is 0.504 e. The van der Waals surface area contributed by atoms with Gasteiger partial charge in [-0.1, -0.05) is 23.7 Å². The Morgan fingerprint density at radius 3 is 2.67 bits per heavy atom. The zero-order valence-electron chi connectivity index (χ0n) is 14.7. The Morgan fingerprint density at radius 2 is 1.96 bits per heavy atom. The second-order valence-electron chi connectivity index (χ2n) is 5.70. The molecule has 0 atom stereocenters. The average Bonchev–Trinajstić information content (AvgIpc) is 3.17. The molecule has 3 rings (SSSR count). The fourth-order valence-corrected chi connectivity index (χ4v) is 2.49. The summed E-state index contributed by atoms with van der Waals surface area (Å²) in [5.74, 6) is -0.0624. The summed E-state index contributed by atoms with van der Waals surface area (Å²) in [6, 6.07) is 13.6. The first-order valence-corrected chi connectivity index (χ1v) is 8.39. The second kappa shape index (κ2) is 7.92. The van der Waals surface area contributed by atoms with Crippen molar-refractivity contribution < 1.29 is 14.6 Å². The van der Waals surface area contributed by atoms with Crippen molar-refractivity contribution in [3.63, 3.8) is 0 Å². The number of hydrogen-bond donors (Lipinski definition) is 3. The quantitative estimate of drug-likeness (QED) is 0.462. The Labute approximate surface area is 160 Å². The maximum atomic E-state index is 12.3. The number of phenolic OH excluding ortho intramolecular Hbond substituents is 1. The molecule has 0 saturated carbocycles. The van der Waals surface area contributed by atoms with Crippen molar-refractivity contribution in [1.82, 2.24) is 15.6 Å². The number of carbonyl (C=O) groups excluding carboxylic acids is 1. The number of H-pyrrole nitrogens is 1. The van der Waals surface area contributed by atoms with E-state index in [0.29, 0.717) is 27.7 Å². The van der Waals surface area contributed by atoms with E-state index >= 15 is 0 Å². The van der Waals surface area contributed by atoms with Gasteiger partial charge in [0.2, 0.25) is 0 Å². The van der Waals surface area contributed by atoms with Crippen LogP contribution in [0.4, 0.5) is 0 Å². The highest BCUT2D eigenvalue weighted by molar-refractivity contribution is 6.30. The number of nitrogens with zero attached hydrogens (tertiary/aromatic N) is 2. The Balaban J connectivity index is 1.72. The molecule has 0 fully saturated rings. The van der Waals surface area contributed by atoms with Crippen LogP contribution in [0.25, 0.3) is 11.3 Å². The van der Waals surface area contributed by atoms with Crippen molar-refractivity contribution in [2.75, 3.05) is 7.11 Å². The third-order valence-corrected chi connectivity index (χ3v) is 4.14. The Morgan fingerprint density at radius 1 is 1.22 bits per heavy atom. The van der Waals surface area contributed by atoms with E-state index in [1.807, 2.05) is 12.1 Å². The molecule has 7 nitrogen and oxygen atoms in total.